The Labute approximate surface area is 137 Å². The molecule has 0 aliphatic heterocycles. The number of rotatable bonds is 3. The summed E-state index contributed by atoms with van der Waals surface area (Å²) in [5.74, 6) is -0.0993. The van der Waals surface area contributed by atoms with Crippen molar-refractivity contribution in [2.24, 2.45) is 0 Å². The van der Waals surface area contributed by atoms with Crippen molar-refractivity contribution in [3.8, 4) is 0 Å². The monoisotopic (exact) mass is 445 g/mol. The summed E-state index contributed by atoms with van der Waals surface area (Å²) in [6.07, 6.45) is 0. The van der Waals surface area contributed by atoms with E-state index in [4.69, 9.17) is 0 Å². The molecule has 0 atom stereocenters. The Bertz CT molecular complexity index is 593. The van der Waals surface area contributed by atoms with Crippen molar-refractivity contribution in [3.05, 3.63) is 67.0 Å². The van der Waals surface area contributed by atoms with Crippen LogP contribution in [0.15, 0.2) is 55.9 Å². The Kier molecular flexibility index (Phi) is 5.19. The van der Waals surface area contributed by atoms with E-state index in [2.05, 4.69) is 53.1 Å². The Morgan fingerprint density at radius 2 is 1.63 bits per heavy atom. The molecule has 0 fully saturated rings. The van der Waals surface area contributed by atoms with E-state index in [0.717, 1.165) is 19.0 Å². The van der Waals surface area contributed by atoms with Gasteiger partial charge < -0.3 is 5.32 Å². The molecular formula is C14H10Br3NO. The minimum absolute atomic E-state index is 0.0993. The van der Waals surface area contributed by atoms with Crippen LogP contribution in [0.4, 0.5) is 0 Å². The lowest BCUT2D eigenvalue weighted by atomic mass is 10.2. The zero-order valence-electron chi connectivity index (χ0n) is 9.79. The molecule has 98 valence electrons. The number of nitrogens with one attached hydrogen (secondary N) is 1. The minimum Gasteiger partial charge on any atom is -0.348 e. The molecule has 0 unspecified atom stereocenters. The largest absolute Gasteiger partial charge is 0.348 e. The number of hydrogen-bond donors (Lipinski definition) is 1. The zero-order chi connectivity index (χ0) is 13.8. The molecule has 0 heterocycles. The highest BCUT2D eigenvalue weighted by Gasteiger charge is 2.08. The lowest BCUT2D eigenvalue weighted by molar-refractivity contribution is 0.0950. The van der Waals surface area contributed by atoms with Gasteiger partial charge in [0.15, 0.2) is 0 Å². The third-order valence-corrected chi connectivity index (χ3v) is 4.21. The maximum Gasteiger partial charge on any atom is 0.251 e. The first-order chi connectivity index (χ1) is 9.06. The van der Waals surface area contributed by atoms with Crippen LogP contribution in [0.5, 0.6) is 0 Å². The molecule has 0 spiro atoms. The molecule has 5 heteroatoms. The first kappa shape index (κ1) is 14.8. The van der Waals surface area contributed by atoms with E-state index in [0.29, 0.717) is 12.1 Å². The van der Waals surface area contributed by atoms with Gasteiger partial charge in [-0.15, -0.1) is 0 Å². The Balaban J connectivity index is 2.08. The third-order valence-electron chi connectivity index (χ3n) is 2.52. The molecule has 19 heavy (non-hydrogen) atoms. The molecule has 0 aliphatic rings. The summed E-state index contributed by atoms with van der Waals surface area (Å²) >= 11 is 10.2. The van der Waals surface area contributed by atoms with Gasteiger partial charge in [-0.25, -0.2) is 0 Å². The number of halogens is 3. The van der Waals surface area contributed by atoms with Gasteiger partial charge in [-0.2, -0.15) is 0 Å². The fourth-order valence-corrected chi connectivity index (χ4v) is 3.32. The topological polar surface area (TPSA) is 29.1 Å². The van der Waals surface area contributed by atoms with Crippen LogP contribution >= 0.6 is 47.8 Å². The van der Waals surface area contributed by atoms with Crippen LogP contribution in [0.1, 0.15) is 15.9 Å². The van der Waals surface area contributed by atoms with Crippen LogP contribution in [-0.2, 0) is 6.54 Å². The van der Waals surface area contributed by atoms with Gasteiger partial charge in [-0.05, 0) is 29.8 Å². The number of carbonyl (C=O) groups excluding carboxylic acids is 1. The van der Waals surface area contributed by atoms with Crippen molar-refractivity contribution in [1.29, 1.82) is 0 Å². The summed E-state index contributed by atoms with van der Waals surface area (Å²) in [7, 11) is 0. The SMILES string of the molecule is O=C(NCc1ccccc1Br)c1cc(Br)cc(Br)c1. The molecule has 2 nitrogen and oxygen atoms in total. The van der Waals surface area contributed by atoms with Crippen LogP contribution in [0.25, 0.3) is 0 Å². The molecular weight excluding hydrogens is 438 g/mol. The maximum atomic E-state index is 12.1. The predicted octanol–water partition coefficient (Wildman–Crippen LogP) is 4.90. The second-order valence-electron chi connectivity index (χ2n) is 3.93. The quantitative estimate of drug-likeness (QED) is 0.712. The molecule has 0 bridgehead atoms. The van der Waals surface area contributed by atoms with E-state index in [9.17, 15) is 4.79 Å². The van der Waals surface area contributed by atoms with Crippen LogP contribution in [0.2, 0.25) is 0 Å². The summed E-state index contributed by atoms with van der Waals surface area (Å²) < 4.78 is 2.73. The van der Waals surface area contributed by atoms with E-state index in [-0.39, 0.29) is 5.91 Å². The summed E-state index contributed by atoms with van der Waals surface area (Å²) in [4.78, 5) is 12.1. The Morgan fingerprint density at radius 1 is 1.00 bits per heavy atom. The van der Waals surface area contributed by atoms with E-state index in [1.54, 1.807) is 12.1 Å². The van der Waals surface area contributed by atoms with E-state index in [1.807, 2.05) is 30.3 Å². The van der Waals surface area contributed by atoms with Gasteiger partial charge in [-0.1, -0.05) is 66.0 Å². The van der Waals surface area contributed by atoms with Crippen LogP contribution in [0.3, 0.4) is 0 Å². The fraction of sp³-hybridized carbons (Fsp3) is 0.0714. The smallest absolute Gasteiger partial charge is 0.251 e. The number of hydrogen-bond acceptors (Lipinski definition) is 1. The van der Waals surface area contributed by atoms with Crippen molar-refractivity contribution in [2.45, 2.75) is 6.54 Å². The maximum absolute atomic E-state index is 12.1. The minimum atomic E-state index is -0.0993. The van der Waals surface area contributed by atoms with Crippen molar-refractivity contribution < 1.29 is 4.79 Å². The van der Waals surface area contributed by atoms with Crippen LogP contribution < -0.4 is 5.32 Å². The average molecular weight is 448 g/mol. The molecule has 0 radical (unpaired) electrons. The lowest BCUT2D eigenvalue weighted by Crippen LogP contribution is -2.23. The molecule has 0 aliphatic carbocycles. The normalized spacial score (nSPS) is 10.3. The second kappa shape index (κ2) is 6.68. The van der Waals surface area contributed by atoms with Crippen molar-refractivity contribution >= 4 is 53.7 Å². The number of carbonyl (C=O) groups is 1. The van der Waals surface area contributed by atoms with Gasteiger partial charge in [0.1, 0.15) is 0 Å². The first-order valence-corrected chi connectivity index (χ1v) is 7.92. The summed E-state index contributed by atoms with van der Waals surface area (Å²) in [6.45, 7) is 0.490. The van der Waals surface area contributed by atoms with Crippen LogP contribution in [-0.4, -0.2) is 5.91 Å². The number of benzene rings is 2. The molecule has 1 N–H and O–H groups in total. The molecule has 0 aromatic heterocycles. The molecule has 0 saturated carbocycles. The second-order valence-corrected chi connectivity index (χ2v) is 6.62. The molecule has 2 aromatic carbocycles. The fourth-order valence-electron chi connectivity index (χ4n) is 1.60. The van der Waals surface area contributed by atoms with Gasteiger partial charge >= 0.3 is 0 Å². The average Bonchev–Trinajstić information content (AvgIpc) is 2.36. The van der Waals surface area contributed by atoms with Crippen molar-refractivity contribution in [1.82, 2.24) is 5.32 Å². The number of amides is 1. The van der Waals surface area contributed by atoms with Gasteiger partial charge in [0.25, 0.3) is 5.91 Å². The van der Waals surface area contributed by atoms with Crippen molar-refractivity contribution in [2.75, 3.05) is 0 Å². The molecule has 1 amide bonds. The highest BCUT2D eigenvalue weighted by Crippen LogP contribution is 2.20. The van der Waals surface area contributed by atoms with E-state index >= 15 is 0 Å². The van der Waals surface area contributed by atoms with Crippen LogP contribution in [0, 0.1) is 0 Å². The summed E-state index contributed by atoms with van der Waals surface area (Å²) in [5, 5.41) is 2.90. The standard InChI is InChI=1S/C14H10Br3NO/c15-11-5-10(6-12(16)7-11)14(19)18-8-9-3-1-2-4-13(9)17/h1-7H,8H2,(H,18,19). The van der Waals surface area contributed by atoms with Gasteiger partial charge in [0.2, 0.25) is 0 Å². The zero-order valence-corrected chi connectivity index (χ0v) is 14.5. The molecule has 2 rings (SSSR count). The molecule has 0 saturated heterocycles. The van der Waals surface area contributed by atoms with Gasteiger partial charge in [0.05, 0.1) is 0 Å². The van der Waals surface area contributed by atoms with E-state index in [1.165, 1.54) is 0 Å². The summed E-state index contributed by atoms with van der Waals surface area (Å²) in [6, 6.07) is 13.3. The molecule has 2 aromatic rings. The van der Waals surface area contributed by atoms with Crippen molar-refractivity contribution in [3.63, 3.8) is 0 Å². The Morgan fingerprint density at radius 3 is 2.26 bits per heavy atom. The highest BCUT2D eigenvalue weighted by atomic mass is 79.9. The third kappa shape index (κ3) is 4.16. The predicted molar refractivity (Wildman–Crippen MR) is 87.2 cm³/mol. The van der Waals surface area contributed by atoms with Gasteiger partial charge in [-0.3, -0.25) is 4.79 Å². The Hall–Kier alpha value is -0.650. The highest BCUT2D eigenvalue weighted by molar-refractivity contribution is 9.11. The van der Waals surface area contributed by atoms with Gasteiger partial charge in [0, 0.05) is 25.5 Å². The summed E-state index contributed by atoms with van der Waals surface area (Å²) in [5.41, 5.74) is 1.67. The first-order valence-electron chi connectivity index (χ1n) is 5.54. The lowest BCUT2D eigenvalue weighted by Gasteiger charge is -2.08. The van der Waals surface area contributed by atoms with E-state index < -0.39 is 0 Å².